The van der Waals surface area contributed by atoms with Crippen LogP contribution in [-0.4, -0.2) is 25.8 Å². The molecule has 0 bridgehead atoms. The molecule has 5 heteroatoms. The van der Waals surface area contributed by atoms with Gasteiger partial charge in [0.15, 0.2) is 11.5 Å². The molecule has 0 saturated carbocycles. The van der Waals surface area contributed by atoms with Crippen LogP contribution in [0.4, 0.5) is 0 Å². The fraction of sp³-hybridized carbons (Fsp3) is 0.353. The van der Waals surface area contributed by atoms with Gasteiger partial charge in [0.1, 0.15) is 11.2 Å². The largest absolute Gasteiger partial charge is 0.493 e. The van der Waals surface area contributed by atoms with Crippen molar-refractivity contribution in [2.45, 2.75) is 26.4 Å². The van der Waals surface area contributed by atoms with Gasteiger partial charge in [-0.1, -0.05) is 0 Å². The zero-order valence-electron chi connectivity index (χ0n) is 13.4. The van der Waals surface area contributed by atoms with Gasteiger partial charge in [-0.25, -0.2) is 4.79 Å². The lowest BCUT2D eigenvalue weighted by Gasteiger charge is -2.22. The number of carbonyl (C=O) groups excluding carboxylic acids is 1. The van der Waals surface area contributed by atoms with Gasteiger partial charge in [0.25, 0.3) is 0 Å². The summed E-state index contributed by atoms with van der Waals surface area (Å²) in [6, 6.07) is 5.30. The second-order valence-corrected chi connectivity index (χ2v) is 5.74. The first kappa shape index (κ1) is 15.9. The summed E-state index contributed by atoms with van der Waals surface area (Å²) >= 11 is 0. The molecular weight excluding hydrogens is 284 g/mol. The van der Waals surface area contributed by atoms with E-state index in [1.807, 2.05) is 20.8 Å². The molecule has 0 fully saturated rings. The summed E-state index contributed by atoms with van der Waals surface area (Å²) in [5, 5.41) is 0. The monoisotopic (exact) mass is 304 g/mol. The smallest absolute Gasteiger partial charge is 0.343 e. The maximum absolute atomic E-state index is 12.6. The maximum atomic E-state index is 12.6. The number of carbonyl (C=O) groups is 1. The van der Waals surface area contributed by atoms with E-state index in [0.29, 0.717) is 22.6 Å². The van der Waals surface area contributed by atoms with Crippen molar-refractivity contribution in [2.75, 3.05) is 14.2 Å². The third-order valence-corrected chi connectivity index (χ3v) is 2.98. The highest BCUT2D eigenvalue weighted by Gasteiger charge is 2.27. The molecule has 0 aliphatic rings. The van der Waals surface area contributed by atoms with Crippen molar-refractivity contribution >= 4 is 5.97 Å². The van der Waals surface area contributed by atoms with E-state index >= 15 is 0 Å². The van der Waals surface area contributed by atoms with Crippen molar-refractivity contribution in [3.63, 3.8) is 0 Å². The second-order valence-electron chi connectivity index (χ2n) is 5.74. The number of ether oxygens (including phenoxy) is 3. The van der Waals surface area contributed by atoms with Gasteiger partial charge in [0.2, 0.25) is 0 Å². The minimum atomic E-state index is -0.612. The predicted molar refractivity (Wildman–Crippen MR) is 82.4 cm³/mol. The molecule has 0 spiro atoms. The molecule has 0 unspecified atom stereocenters. The zero-order chi connectivity index (χ0) is 16.3. The molecule has 22 heavy (non-hydrogen) atoms. The molecule has 0 atom stereocenters. The summed E-state index contributed by atoms with van der Waals surface area (Å²) in [4.78, 5) is 12.6. The number of benzene rings is 1. The van der Waals surface area contributed by atoms with Crippen molar-refractivity contribution in [3.8, 4) is 22.6 Å². The van der Waals surface area contributed by atoms with Gasteiger partial charge >= 0.3 is 5.97 Å². The van der Waals surface area contributed by atoms with E-state index in [9.17, 15) is 4.79 Å². The van der Waals surface area contributed by atoms with Crippen LogP contribution >= 0.6 is 0 Å². The minimum Gasteiger partial charge on any atom is -0.493 e. The van der Waals surface area contributed by atoms with Crippen LogP contribution in [0.1, 0.15) is 31.1 Å². The summed E-state index contributed by atoms with van der Waals surface area (Å²) in [7, 11) is 3.01. The Hall–Kier alpha value is -2.43. The normalized spacial score (nSPS) is 11.1. The van der Waals surface area contributed by atoms with Gasteiger partial charge in [-0.2, -0.15) is 0 Å². The first-order chi connectivity index (χ1) is 10.4. The molecule has 5 nitrogen and oxygen atoms in total. The first-order valence-electron chi connectivity index (χ1n) is 6.88. The van der Waals surface area contributed by atoms with Gasteiger partial charge in [-0.15, -0.1) is 0 Å². The van der Waals surface area contributed by atoms with Crippen LogP contribution in [0.5, 0.6) is 11.5 Å². The van der Waals surface area contributed by atoms with E-state index in [4.69, 9.17) is 18.6 Å². The third-order valence-electron chi connectivity index (χ3n) is 2.98. The quantitative estimate of drug-likeness (QED) is 0.801. The molecule has 0 N–H and O–H groups in total. The fourth-order valence-electron chi connectivity index (χ4n) is 2.12. The molecule has 0 amide bonds. The number of rotatable bonds is 4. The molecule has 0 saturated heterocycles. The summed E-state index contributed by atoms with van der Waals surface area (Å²) in [6.45, 7) is 5.44. The molecule has 1 aromatic carbocycles. The van der Waals surface area contributed by atoms with Crippen molar-refractivity contribution in [1.82, 2.24) is 0 Å². The Morgan fingerprint density at radius 3 is 2.32 bits per heavy atom. The predicted octanol–water partition coefficient (Wildman–Crippen LogP) is 3.92. The standard InChI is InChI=1S/C17H20O5/c1-17(2,3)22-16(18)14-12(11-8-9-21-10-11)6-7-13(19-4)15(14)20-5/h6-10H,1-5H3. The summed E-state index contributed by atoms with van der Waals surface area (Å²) in [6.07, 6.45) is 3.11. The number of esters is 1. The molecule has 0 radical (unpaired) electrons. The van der Waals surface area contributed by atoms with Crippen LogP contribution in [-0.2, 0) is 4.74 Å². The van der Waals surface area contributed by atoms with Gasteiger partial charge < -0.3 is 18.6 Å². The number of furan rings is 1. The highest BCUT2D eigenvalue weighted by molar-refractivity contribution is 6.01. The number of hydrogen-bond acceptors (Lipinski definition) is 5. The molecule has 118 valence electrons. The van der Waals surface area contributed by atoms with Gasteiger partial charge in [-0.05, 0) is 39.0 Å². The van der Waals surface area contributed by atoms with E-state index in [2.05, 4.69) is 0 Å². The highest BCUT2D eigenvalue weighted by atomic mass is 16.6. The summed E-state index contributed by atoms with van der Waals surface area (Å²) < 4.78 is 21.3. The van der Waals surface area contributed by atoms with Crippen LogP contribution in [0.25, 0.3) is 11.1 Å². The molecule has 2 aromatic rings. The van der Waals surface area contributed by atoms with Crippen molar-refractivity contribution in [2.24, 2.45) is 0 Å². The summed E-state index contributed by atoms with van der Waals surface area (Å²) in [5.74, 6) is 0.338. The number of methoxy groups -OCH3 is 2. The molecule has 2 rings (SSSR count). The van der Waals surface area contributed by atoms with Gasteiger partial charge in [0.05, 0.1) is 26.7 Å². The Labute approximate surface area is 129 Å². The van der Waals surface area contributed by atoms with Crippen LogP contribution in [0.15, 0.2) is 35.1 Å². The molecule has 1 aromatic heterocycles. The van der Waals surface area contributed by atoms with E-state index in [1.165, 1.54) is 14.2 Å². The Morgan fingerprint density at radius 1 is 1.09 bits per heavy atom. The Morgan fingerprint density at radius 2 is 1.82 bits per heavy atom. The average Bonchev–Trinajstić information content (AvgIpc) is 2.97. The molecule has 0 aliphatic carbocycles. The van der Waals surface area contributed by atoms with E-state index in [-0.39, 0.29) is 0 Å². The Balaban J connectivity index is 2.63. The summed E-state index contributed by atoms with van der Waals surface area (Å²) in [5.41, 5.74) is 1.14. The fourth-order valence-corrected chi connectivity index (χ4v) is 2.12. The van der Waals surface area contributed by atoms with Crippen molar-refractivity contribution in [1.29, 1.82) is 0 Å². The SMILES string of the molecule is COc1ccc(-c2ccoc2)c(C(=O)OC(C)(C)C)c1OC. The molecule has 0 aliphatic heterocycles. The Bertz CT molecular complexity index is 650. The number of hydrogen-bond donors (Lipinski definition) is 0. The Kier molecular flexibility index (Phi) is 4.45. The third kappa shape index (κ3) is 3.24. The molecular formula is C17H20O5. The topological polar surface area (TPSA) is 57.9 Å². The van der Waals surface area contributed by atoms with Crippen molar-refractivity contribution < 1.29 is 23.4 Å². The second kappa shape index (κ2) is 6.13. The lowest BCUT2D eigenvalue weighted by atomic mass is 10.00. The van der Waals surface area contributed by atoms with E-state index < -0.39 is 11.6 Å². The highest BCUT2D eigenvalue weighted by Crippen LogP contribution is 2.39. The van der Waals surface area contributed by atoms with Crippen LogP contribution < -0.4 is 9.47 Å². The van der Waals surface area contributed by atoms with Crippen LogP contribution in [0.3, 0.4) is 0 Å². The van der Waals surface area contributed by atoms with Gasteiger partial charge in [0, 0.05) is 11.1 Å². The van der Waals surface area contributed by atoms with Gasteiger partial charge in [-0.3, -0.25) is 0 Å². The minimum absolute atomic E-state index is 0.318. The molecule has 1 heterocycles. The lowest BCUT2D eigenvalue weighted by Crippen LogP contribution is -2.24. The average molecular weight is 304 g/mol. The van der Waals surface area contributed by atoms with E-state index in [0.717, 1.165) is 5.56 Å². The lowest BCUT2D eigenvalue weighted by molar-refractivity contribution is 0.00670. The maximum Gasteiger partial charge on any atom is 0.343 e. The zero-order valence-corrected chi connectivity index (χ0v) is 13.4. The first-order valence-corrected chi connectivity index (χ1v) is 6.88. The van der Waals surface area contributed by atoms with Crippen molar-refractivity contribution in [3.05, 3.63) is 36.3 Å². The van der Waals surface area contributed by atoms with Crippen LogP contribution in [0, 0.1) is 0 Å². The van der Waals surface area contributed by atoms with E-state index in [1.54, 1.807) is 30.7 Å². The van der Waals surface area contributed by atoms with Crippen LogP contribution in [0.2, 0.25) is 0 Å².